The Balaban J connectivity index is 3.72. The Morgan fingerprint density at radius 2 is 0.860 bits per heavy atom. The van der Waals surface area contributed by atoms with Crippen LogP contribution in [-0.4, -0.2) is 36.4 Å². The number of allylic oxidation sites excluding steroid dienone is 16. The van der Waals surface area contributed by atoms with Crippen molar-refractivity contribution in [2.45, 2.75) is 161 Å². The van der Waals surface area contributed by atoms with Gasteiger partial charge in [-0.25, -0.2) is 0 Å². The van der Waals surface area contributed by atoms with Gasteiger partial charge in [-0.2, -0.15) is 0 Å². The number of hydrogen-bond donors (Lipinski definition) is 1. The van der Waals surface area contributed by atoms with Crippen molar-refractivity contribution in [2.75, 3.05) is 13.2 Å². The Labute approximate surface area is 307 Å². The van der Waals surface area contributed by atoms with Crippen LogP contribution in [0.1, 0.15) is 155 Å². The van der Waals surface area contributed by atoms with E-state index in [9.17, 15) is 14.7 Å². The highest BCUT2D eigenvalue weighted by Gasteiger charge is 2.16. The fourth-order valence-corrected chi connectivity index (χ4v) is 4.92. The van der Waals surface area contributed by atoms with Crippen LogP contribution in [0.3, 0.4) is 0 Å². The van der Waals surface area contributed by atoms with Gasteiger partial charge in [-0.05, 0) is 77.0 Å². The van der Waals surface area contributed by atoms with Crippen LogP contribution in [0.25, 0.3) is 0 Å². The van der Waals surface area contributed by atoms with Crippen LogP contribution in [0, 0.1) is 0 Å². The average molecular weight is 693 g/mol. The third-order valence-electron chi connectivity index (χ3n) is 7.89. The van der Waals surface area contributed by atoms with E-state index in [-0.39, 0.29) is 25.2 Å². The van der Waals surface area contributed by atoms with Gasteiger partial charge in [0.05, 0.1) is 6.61 Å². The highest BCUT2D eigenvalue weighted by molar-refractivity contribution is 5.70. The molecule has 0 aromatic carbocycles. The molecular weight excluding hydrogens is 620 g/mol. The minimum absolute atomic E-state index is 0.0884. The molecule has 0 aromatic heterocycles. The number of aliphatic hydroxyl groups is 1. The lowest BCUT2D eigenvalue weighted by Crippen LogP contribution is -2.28. The molecule has 0 saturated heterocycles. The number of ether oxygens (including phenoxy) is 2. The molecule has 0 fully saturated rings. The van der Waals surface area contributed by atoms with Crippen molar-refractivity contribution in [1.29, 1.82) is 0 Å². The molecule has 0 heterocycles. The lowest BCUT2D eigenvalue weighted by Gasteiger charge is -2.15. The van der Waals surface area contributed by atoms with Gasteiger partial charge in [0.25, 0.3) is 0 Å². The molecule has 5 nitrogen and oxygen atoms in total. The van der Waals surface area contributed by atoms with E-state index in [1.165, 1.54) is 38.5 Å². The number of unbranched alkanes of at least 4 members (excludes halogenated alkanes) is 10. The van der Waals surface area contributed by atoms with E-state index in [1.807, 2.05) is 0 Å². The van der Waals surface area contributed by atoms with Crippen LogP contribution >= 0.6 is 0 Å². The molecule has 50 heavy (non-hydrogen) atoms. The monoisotopic (exact) mass is 693 g/mol. The molecule has 282 valence electrons. The van der Waals surface area contributed by atoms with Crippen LogP contribution in [-0.2, 0) is 19.1 Å². The van der Waals surface area contributed by atoms with E-state index in [4.69, 9.17) is 9.47 Å². The summed E-state index contributed by atoms with van der Waals surface area (Å²) in [4.78, 5) is 24.1. The standard InChI is InChI=1S/C45H72O5/c1-3-5-7-9-11-13-14-15-16-17-18-19-20-21-22-23-24-25-26-27-28-29-30-32-34-36-38-40-45(48)50-43(41-46)42-49-44(47)39-37-35-33-31-12-10-8-6-4-2/h5,7,11,13,15-16,18-19,21-22,24-25,27-28,30,32,43,46H,3-4,6,8-10,12,14,17,20,23,26,29,31,33-42H2,1-2H3/b7-5-,13-11-,16-15-,19-18-,22-21-,25-24-,28-27-,32-30-. The van der Waals surface area contributed by atoms with Crippen molar-refractivity contribution in [3.63, 3.8) is 0 Å². The summed E-state index contributed by atoms with van der Waals surface area (Å²) in [7, 11) is 0. The molecule has 0 rings (SSSR count). The number of esters is 2. The Kier molecular flexibility index (Phi) is 37.7. The van der Waals surface area contributed by atoms with Crippen molar-refractivity contribution >= 4 is 11.9 Å². The Morgan fingerprint density at radius 3 is 1.30 bits per heavy atom. The first-order valence-corrected chi connectivity index (χ1v) is 19.8. The van der Waals surface area contributed by atoms with Crippen LogP contribution < -0.4 is 0 Å². The molecule has 0 aromatic rings. The predicted octanol–water partition coefficient (Wildman–Crippen LogP) is 12.5. The molecule has 1 atom stereocenters. The summed E-state index contributed by atoms with van der Waals surface area (Å²) in [5.41, 5.74) is 0. The summed E-state index contributed by atoms with van der Waals surface area (Å²) in [5.74, 6) is -0.655. The van der Waals surface area contributed by atoms with Crippen LogP contribution in [0.5, 0.6) is 0 Å². The maximum atomic E-state index is 12.1. The molecule has 0 bridgehead atoms. The zero-order chi connectivity index (χ0) is 36.4. The fraction of sp³-hybridized carbons (Fsp3) is 0.600. The number of aliphatic hydroxyl groups excluding tert-OH is 1. The van der Waals surface area contributed by atoms with Crippen LogP contribution in [0.2, 0.25) is 0 Å². The minimum atomic E-state index is -0.797. The number of rotatable bonds is 34. The SMILES string of the molecule is CC/C=C\C/C=C\C/C=C\C/C=C\C/C=C\C/C=C\C/C=C\C/C=C\CCCCC(=O)OC(CO)COC(=O)CCCCCCCCCCC. The van der Waals surface area contributed by atoms with E-state index >= 15 is 0 Å². The third kappa shape index (κ3) is 37.6. The number of hydrogen-bond acceptors (Lipinski definition) is 5. The van der Waals surface area contributed by atoms with Gasteiger partial charge in [-0.15, -0.1) is 0 Å². The summed E-state index contributed by atoms with van der Waals surface area (Å²) in [6, 6.07) is 0. The van der Waals surface area contributed by atoms with Crippen molar-refractivity contribution in [3.05, 3.63) is 97.2 Å². The number of carbonyl (C=O) groups excluding carboxylic acids is 2. The first kappa shape index (κ1) is 46.8. The zero-order valence-corrected chi connectivity index (χ0v) is 31.9. The van der Waals surface area contributed by atoms with Gasteiger partial charge < -0.3 is 14.6 Å². The molecule has 0 aliphatic rings. The van der Waals surface area contributed by atoms with E-state index in [0.29, 0.717) is 12.8 Å². The Bertz CT molecular complexity index is 1010. The fourth-order valence-electron chi connectivity index (χ4n) is 4.92. The second-order valence-corrected chi connectivity index (χ2v) is 12.6. The van der Waals surface area contributed by atoms with Crippen LogP contribution in [0.15, 0.2) is 97.2 Å². The third-order valence-corrected chi connectivity index (χ3v) is 7.89. The van der Waals surface area contributed by atoms with Gasteiger partial charge in [-0.1, -0.05) is 162 Å². The Hall–Kier alpha value is -3.18. The van der Waals surface area contributed by atoms with E-state index in [1.54, 1.807) is 0 Å². The summed E-state index contributed by atoms with van der Waals surface area (Å²) < 4.78 is 10.5. The van der Waals surface area contributed by atoms with Gasteiger partial charge in [0.1, 0.15) is 6.61 Å². The first-order chi connectivity index (χ1) is 24.6. The largest absolute Gasteiger partial charge is 0.462 e. The highest BCUT2D eigenvalue weighted by atomic mass is 16.6. The maximum Gasteiger partial charge on any atom is 0.306 e. The van der Waals surface area contributed by atoms with E-state index < -0.39 is 6.10 Å². The summed E-state index contributed by atoms with van der Waals surface area (Å²) in [6.45, 7) is 3.94. The quantitative estimate of drug-likeness (QED) is 0.0413. The van der Waals surface area contributed by atoms with Crippen molar-refractivity contribution < 1.29 is 24.2 Å². The lowest BCUT2D eigenvalue weighted by molar-refractivity contribution is -0.161. The van der Waals surface area contributed by atoms with E-state index in [0.717, 1.165) is 89.9 Å². The second kappa shape index (κ2) is 40.3. The maximum absolute atomic E-state index is 12.1. The average Bonchev–Trinajstić information content (AvgIpc) is 3.12. The predicted molar refractivity (Wildman–Crippen MR) is 214 cm³/mol. The molecule has 1 N–H and O–H groups in total. The second-order valence-electron chi connectivity index (χ2n) is 12.6. The normalized spacial score (nSPS) is 13.3. The number of carbonyl (C=O) groups is 2. The molecule has 0 spiro atoms. The highest BCUT2D eigenvalue weighted by Crippen LogP contribution is 2.11. The van der Waals surface area contributed by atoms with Crippen molar-refractivity contribution in [3.8, 4) is 0 Å². The van der Waals surface area contributed by atoms with Gasteiger partial charge in [-0.3, -0.25) is 9.59 Å². The molecule has 0 radical (unpaired) electrons. The van der Waals surface area contributed by atoms with Gasteiger partial charge in [0.15, 0.2) is 6.10 Å². The lowest BCUT2D eigenvalue weighted by atomic mass is 10.1. The van der Waals surface area contributed by atoms with E-state index in [2.05, 4.69) is 111 Å². The van der Waals surface area contributed by atoms with Crippen molar-refractivity contribution in [2.24, 2.45) is 0 Å². The van der Waals surface area contributed by atoms with Crippen LogP contribution in [0.4, 0.5) is 0 Å². The topological polar surface area (TPSA) is 72.8 Å². The molecular formula is C45H72O5. The molecule has 0 saturated carbocycles. The summed E-state index contributed by atoms with van der Waals surface area (Å²) >= 11 is 0. The van der Waals surface area contributed by atoms with Gasteiger partial charge in [0.2, 0.25) is 0 Å². The first-order valence-electron chi connectivity index (χ1n) is 19.8. The molecule has 0 aliphatic heterocycles. The minimum Gasteiger partial charge on any atom is -0.462 e. The van der Waals surface area contributed by atoms with Gasteiger partial charge >= 0.3 is 11.9 Å². The molecule has 1 unspecified atom stereocenters. The van der Waals surface area contributed by atoms with Crippen molar-refractivity contribution in [1.82, 2.24) is 0 Å². The van der Waals surface area contributed by atoms with Gasteiger partial charge in [0, 0.05) is 12.8 Å². The Morgan fingerprint density at radius 1 is 0.480 bits per heavy atom. The molecule has 5 heteroatoms. The summed E-state index contributed by atoms with van der Waals surface area (Å²) in [6.07, 6.45) is 56.2. The molecule has 0 aliphatic carbocycles. The molecule has 0 amide bonds. The summed E-state index contributed by atoms with van der Waals surface area (Å²) in [5, 5.41) is 9.52. The zero-order valence-electron chi connectivity index (χ0n) is 31.9. The smallest absolute Gasteiger partial charge is 0.306 e.